The molecule has 1 aromatic carbocycles. The molecular formula is C25H28N2O3. The predicted octanol–water partition coefficient (Wildman–Crippen LogP) is 4.38. The first kappa shape index (κ1) is 19.6. The van der Waals surface area contributed by atoms with Crippen molar-refractivity contribution in [1.82, 2.24) is 9.97 Å². The van der Waals surface area contributed by atoms with Crippen LogP contribution in [0.3, 0.4) is 0 Å². The summed E-state index contributed by atoms with van der Waals surface area (Å²) >= 11 is 0. The Morgan fingerprint density at radius 2 is 1.87 bits per heavy atom. The minimum absolute atomic E-state index is 0.210. The van der Waals surface area contributed by atoms with Gasteiger partial charge in [0.1, 0.15) is 6.33 Å². The van der Waals surface area contributed by atoms with Gasteiger partial charge >= 0.3 is 0 Å². The second-order valence-corrected chi connectivity index (χ2v) is 9.12. The molecule has 0 bridgehead atoms. The molecule has 1 aliphatic heterocycles. The second-order valence-electron chi connectivity index (χ2n) is 9.12. The molecule has 1 aromatic heterocycles. The molecule has 0 radical (unpaired) electrons. The van der Waals surface area contributed by atoms with Gasteiger partial charge < -0.3 is 9.47 Å². The lowest BCUT2D eigenvalue weighted by Crippen LogP contribution is -2.55. The molecule has 0 amide bonds. The van der Waals surface area contributed by atoms with Gasteiger partial charge in [-0.15, -0.1) is 0 Å². The van der Waals surface area contributed by atoms with Crippen LogP contribution in [-0.2, 0) is 20.7 Å². The second kappa shape index (κ2) is 7.40. The van der Waals surface area contributed by atoms with E-state index in [1.165, 1.54) is 6.33 Å². The first-order chi connectivity index (χ1) is 14.5. The smallest absolute Gasteiger partial charge is 0.171 e. The number of hydrogen-bond donors (Lipinski definition) is 0. The number of Topliss-reactive ketones (excluding diaryl/α,β-unsaturated/α-hetero) is 1. The van der Waals surface area contributed by atoms with Crippen LogP contribution in [0, 0.1) is 17.3 Å². The molecule has 30 heavy (non-hydrogen) atoms. The van der Waals surface area contributed by atoms with Crippen LogP contribution in [0.2, 0.25) is 0 Å². The fourth-order valence-electron chi connectivity index (χ4n) is 5.74. The summed E-state index contributed by atoms with van der Waals surface area (Å²) in [6.07, 6.45) is 10.5. The monoisotopic (exact) mass is 404 g/mol. The average Bonchev–Trinajstić information content (AvgIpc) is 3.25. The molecule has 0 N–H and O–H groups in total. The number of ketones is 1. The highest BCUT2D eigenvalue weighted by molar-refractivity contribution is 6.01. The molecule has 2 aliphatic carbocycles. The van der Waals surface area contributed by atoms with E-state index < -0.39 is 5.79 Å². The zero-order valence-corrected chi connectivity index (χ0v) is 17.6. The van der Waals surface area contributed by atoms with Crippen molar-refractivity contribution in [3.63, 3.8) is 0 Å². The number of nitrogens with zero attached hydrogens (tertiary/aromatic N) is 2. The van der Waals surface area contributed by atoms with Crippen LogP contribution >= 0.6 is 0 Å². The van der Waals surface area contributed by atoms with Gasteiger partial charge in [0.25, 0.3) is 0 Å². The quantitative estimate of drug-likeness (QED) is 0.760. The normalized spacial score (nSPS) is 30.2. The number of carbonyl (C=O) groups excluding carboxylic acids is 1. The van der Waals surface area contributed by atoms with Gasteiger partial charge in [0.15, 0.2) is 11.6 Å². The molecule has 3 atom stereocenters. The third kappa shape index (κ3) is 3.12. The molecule has 5 heteroatoms. The minimum Gasteiger partial charge on any atom is -0.347 e. The van der Waals surface area contributed by atoms with Crippen molar-refractivity contribution < 1.29 is 14.3 Å². The van der Waals surface area contributed by atoms with Gasteiger partial charge in [-0.25, -0.2) is 9.97 Å². The summed E-state index contributed by atoms with van der Waals surface area (Å²) in [5.74, 6) is 0.282. The molecule has 1 spiro atoms. The Labute approximate surface area is 177 Å². The van der Waals surface area contributed by atoms with Crippen molar-refractivity contribution in [2.24, 2.45) is 17.3 Å². The molecule has 1 saturated heterocycles. The van der Waals surface area contributed by atoms with Gasteiger partial charge in [0.05, 0.1) is 13.2 Å². The van der Waals surface area contributed by atoms with E-state index in [1.54, 1.807) is 0 Å². The first-order valence-electron chi connectivity index (χ1n) is 10.9. The number of aromatic nitrogens is 2. The molecule has 1 saturated carbocycles. The Morgan fingerprint density at radius 3 is 2.63 bits per heavy atom. The average molecular weight is 405 g/mol. The van der Waals surface area contributed by atoms with Gasteiger partial charge in [-0.3, -0.25) is 4.79 Å². The zero-order chi connectivity index (χ0) is 20.8. The zero-order valence-electron chi connectivity index (χ0n) is 17.6. The van der Waals surface area contributed by atoms with E-state index in [4.69, 9.17) is 9.47 Å². The van der Waals surface area contributed by atoms with Gasteiger partial charge in [-0.05, 0) is 35.5 Å². The molecular weight excluding hydrogens is 376 g/mol. The van der Waals surface area contributed by atoms with E-state index in [9.17, 15) is 4.79 Å². The maximum atomic E-state index is 13.6. The minimum atomic E-state index is -0.484. The summed E-state index contributed by atoms with van der Waals surface area (Å²) in [6, 6.07) is 8.33. The molecule has 2 fully saturated rings. The number of fused-ring (bicyclic) bond motifs is 1. The largest absolute Gasteiger partial charge is 0.347 e. The van der Waals surface area contributed by atoms with Crippen molar-refractivity contribution >= 4 is 5.78 Å². The van der Waals surface area contributed by atoms with Crippen LogP contribution in [0.25, 0.3) is 11.1 Å². The van der Waals surface area contributed by atoms with Crippen LogP contribution in [-0.4, -0.2) is 34.8 Å². The van der Waals surface area contributed by atoms with Crippen LogP contribution in [0.4, 0.5) is 0 Å². The lowest BCUT2D eigenvalue weighted by Gasteiger charge is -2.52. The van der Waals surface area contributed by atoms with E-state index >= 15 is 0 Å². The van der Waals surface area contributed by atoms with Gasteiger partial charge in [-0.2, -0.15) is 0 Å². The standard InChI is InChI=1S/C25H28N2O3/c1-17-22-7-6-20(23(28)24(22,2)8-9-25(17)29-10-11-30-25)13-18-4-3-5-19(12-18)21-14-26-16-27-15-21/h3-6,12,14-17,22H,7-11,13H2,1-2H3/t17-,22-,24-/m0/s1. The Bertz CT molecular complexity index is 981. The molecule has 2 aromatic rings. The highest BCUT2D eigenvalue weighted by Gasteiger charge is 2.58. The van der Waals surface area contributed by atoms with Gasteiger partial charge in [0.2, 0.25) is 0 Å². The maximum Gasteiger partial charge on any atom is 0.171 e. The van der Waals surface area contributed by atoms with Crippen molar-refractivity contribution in [2.75, 3.05) is 13.2 Å². The summed E-state index contributed by atoms with van der Waals surface area (Å²) in [6.45, 7) is 5.67. The fourth-order valence-corrected chi connectivity index (χ4v) is 5.74. The van der Waals surface area contributed by atoms with E-state index in [1.807, 2.05) is 18.5 Å². The number of allylic oxidation sites excluding steroid dienone is 2. The summed E-state index contributed by atoms with van der Waals surface area (Å²) in [4.78, 5) is 21.8. The van der Waals surface area contributed by atoms with Crippen molar-refractivity contribution in [3.05, 3.63) is 60.2 Å². The Balaban J connectivity index is 1.39. The topological polar surface area (TPSA) is 61.3 Å². The summed E-state index contributed by atoms with van der Waals surface area (Å²) in [7, 11) is 0. The predicted molar refractivity (Wildman–Crippen MR) is 114 cm³/mol. The van der Waals surface area contributed by atoms with Crippen LogP contribution < -0.4 is 0 Å². The number of rotatable bonds is 3. The lowest BCUT2D eigenvalue weighted by atomic mass is 9.55. The molecule has 5 nitrogen and oxygen atoms in total. The number of benzene rings is 1. The summed E-state index contributed by atoms with van der Waals surface area (Å²) < 4.78 is 12.1. The van der Waals surface area contributed by atoms with Crippen LogP contribution in [0.5, 0.6) is 0 Å². The van der Waals surface area contributed by atoms with Crippen LogP contribution in [0.15, 0.2) is 54.6 Å². The molecule has 156 valence electrons. The SMILES string of the molecule is C[C@H]1[C@@H]2CC=C(Cc3cccc(-c4cncnc4)c3)C(=O)[C@@]2(C)CCC12OCCO2. The third-order valence-electron chi connectivity index (χ3n) is 7.53. The molecule has 2 heterocycles. The Hall–Kier alpha value is -2.37. The number of ether oxygens (including phenoxy) is 2. The van der Waals surface area contributed by atoms with Crippen molar-refractivity contribution in [2.45, 2.75) is 45.3 Å². The number of hydrogen-bond acceptors (Lipinski definition) is 5. The lowest BCUT2D eigenvalue weighted by molar-refractivity contribution is -0.239. The van der Waals surface area contributed by atoms with E-state index in [0.717, 1.165) is 41.5 Å². The summed E-state index contributed by atoms with van der Waals surface area (Å²) in [5.41, 5.74) is 3.80. The van der Waals surface area contributed by atoms with E-state index in [2.05, 4.69) is 48.1 Å². The van der Waals surface area contributed by atoms with Gasteiger partial charge in [-0.1, -0.05) is 44.2 Å². The molecule has 5 rings (SSSR count). The highest BCUT2D eigenvalue weighted by atomic mass is 16.7. The Morgan fingerprint density at radius 1 is 1.10 bits per heavy atom. The molecule has 0 unspecified atom stereocenters. The summed E-state index contributed by atoms with van der Waals surface area (Å²) in [5, 5.41) is 0. The highest BCUT2D eigenvalue weighted by Crippen LogP contribution is 2.56. The van der Waals surface area contributed by atoms with Crippen LogP contribution in [0.1, 0.15) is 38.7 Å². The maximum absolute atomic E-state index is 13.6. The third-order valence-corrected chi connectivity index (χ3v) is 7.53. The number of carbonyl (C=O) groups is 1. The fraction of sp³-hybridized carbons (Fsp3) is 0.480. The molecule has 3 aliphatic rings. The first-order valence-corrected chi connectivity index (χ1v) is 10.9. The van der Waals surface area contributed by atoms with Gasteiger partial charge in [0, 0.05) is 42.1 Å². The van der Waals surface area contributed by atoms with Crippen molar-refractivity contribution in [3.8, 4) is 11.1 Å². The van der Waals surface area contributed by atoms with E-state index in [0.29, 0.717) is 25.4 Å². The van der Waals surface area contributed by atoms with E-state index in [-0.39, 0.29) is 17.3 Å². The Kier molecular flexibility index (Phi) is 4.83. The van der Waals surface area contributed by atoms with Crippen molar-refractivity contribution in [1.29, 1.82) is 0 Å².